The Balaban J connectivity index is 1.72. The summed E-state index contributed by atoms with van der Waals surface area (Å²) < 4.78 is 2.07. The van der Waals surface area contributed by atoms with E-state index in [4.69, 9.17) is 0 Å². The molecular formula is C12H18N4S. The van der Waals surface area contributed by atoms with E-state index in [9.17, 15) is 0 Å². The van der Waals surface area contributed by atoms with E-state index in [1.165, 1.54) is 10.7 Å². The number of aromatic nitrogens is 3. The summed E-state index contributed by atoms with van der Waals surface area (Å²) in [6.45, 7) is 5.01. The van der Waals surface area contributed by atoms with Gasteiger partial charge in [0.25, 0.3) is 0 Å². The van der Waals surface area contributed by atoms with Crippen LogP contribution in [0.3, 0.4) is 0 Å². The number of thiazole rings is 1. The van der Waals surface area contributed by atoms with Gasteiger partial charge in [-0.05, 0) is 12.5 Å². The second kappa shape index (κ2) is 6.51. The molecule has 0 saturated heterocycles. The Labute approximate surface area is 106 Å². The number of rotatable bonds is 7. The molecule has 2 heterocycles. The lowest BCUT2D eigenvalue weighted by Gasteiger charge is -2.06. The van der Waals surface area contributed by atoms with E-state index < -0.39 is 0 Å². The molecule has 0 aromatic carbocycles. The summed E-state index contributed by atoms with van der Waals surface area (Å²) in [5.41, 5.74) is 1.26. The second-order valence-corrected chi connectivity index (χ2v) is 4.88. The van der Waals surface area contributed by atoms with Gasteiger partial charge in [-0.25, -0.2) is 4.98 Å². The van der Waals surface area contributed by atoms with Gasteiger partial charge in [0.15, 0.2) is 0 Å². The molecule has 0 radical (unpaired) electrons. The Hall–Kier alpha value is -1.20. The van der Waals surface area contributed by atoms with Crippen molar-refractivity contribution in [3.63, 3.8) is 0 Å². The summed E-state index contributed by atoms with van der Waals surface area (Å²) in [6.07, 6.45) is 5.84. The number of hydrogen-bond donors (Lipinski definition) is 1. The van der Waals surface area contributed by atoms with E-state index in [0.717, 1.165) is 32.5 Å². The summed E-state index contributed by atoms with van der Waals surface area (Å²) in [4.78, 5) is 4.26. The monoisotopic (exact) mass is 250 g/mol. The molecule has 0 aliphatic rings. The summed E-state index contributed by atoms with van der Waals surface area (Å²) >= 11 is 1.71. The molecule has 0 bridgehead atoms. The molecule has 17 heavy (non-hydrogen) atoms. The van der Waals surface area contributed by atoms with E-state index in [2.05, 4.69) is 33.1 Å². The van der Waals surface area contributed by atoms with Crippen molar-refractivity contribution in [2.75, 3.05) is 6.54 Å². The van der Waals surface area contributed by atoms with Gasteiger partial charge < -0.3 is 5.32 Å². The molecular weight excluding hydrogens is 232 g/mol. The van der Waals surface area contributed by atoms with Gasteiger partial charge in [-0.3, -0.25) is 4.68 Å². The molecule has 2 aromatic rings. The predicted molar refractivity (Wildman–Crippen MR) is 70.0 cm³/mol. The van der Waals surface area contributed by atoms with Gasteiger partial charge in [0.1, 0.15) is 0 Å². The molecule has 5 heteroatoms. The maximum Gasteiger partial charge on any atom is 0.0937 e. The minimum absolute atomic E-state index is 0.880. The molecule has 2 aromatic heterocycles. The molecule has 0 fully saturated rings. The molecule has 0 aliphatic heterocycles. The molecule has 4 nitrogen and oxygen atoms in total. The number of nitrogens with zero attached hydrogens (tertiary/aromatic N) is 3. The SMILES string of the molecule is CCCn1nccc1CNCCc1nccs1. The molecule has 0 amide bonds. The average molecular weight is 250 g/mol. The van der Waals surface area contributed by atoms with Crippen LogP contribution < -0.4 is 5.32 Å². The molecule has 0 saturated carbocycles. The lowest BCUT2D eigenvalue weighted by molar-refractivity contribution is 0.550. The van der Waals surface area contributed by atoms with Crippen LogP contribution in [0.2, 0.25) is 0 Å². The first kappa shape index (κ1) is 12.3. The maximum atomic E-state index is 4.30. The number of hydrogen-bond acceptors (Lipinski definition) is 4. The summed E-state index contributed by atoms with van der Waals surface area (Å²) in [6, 6.07) is 2.08. The van der Waals surface area contributed by atoms with Crippen molar-refractivity contribution in [2.45, 2.75) is 32.9 Å². The number of nitrogens with one attached hydrogen (secondary N) is 1. The van der Waals surface area contributed by atoms with Crippen molar-refractivity contribution in [2.24, 2.45) is 0 Å². The largest absolute Gasteiger partial charge is 0.311 e. The highest BCUT2D eigenvalue weighted by Gasteiger charge is 2.01. The zero-order valence-corrected chi connectivity index (χ0v) is 10.9. The van der Waals surface area contributed by atoms with E-state index >= 15 is 0 Å². The standard InChI is InChI=1S/C12H18N4S/c1-2-8-16-11(3-6-15-16)10-13-5-4-12-14-7-9-17-12/h3,6-7,9,13H,2,4-5,8,10H2,1H3. The molecule has 0 unspecified atom stereocenters. The third-order valence-corrected chi connectivity index (χ3v) is 3.38. The third kappa shape index (κ3) is 3.64. The van der Waals surface area contributed by atoms with Gasteiger partial charge in [-0.1, -0.05) is 6.92 Å². The molecule has 0 atom stereocenters. The lowest BCUT2D eigenvalue weighted by atomic mass is 10.3. The van der Waals surface area contributed by atoms with Crippen molar-refractivity contribution in [1.82, 2.24) is 20.1 Å². The minimum Gasteiger partial charge on any atom is -0.311 e. The van der Waals surface area contributed by atoms with E-state index in [1.807, 2.05) is 17.8 Å². The van der Waals surface area contributed by atoms with Crippen molar-refractivity contribution in [3.8, 4) is 0 Å². The van der Waals surface area contributed by atoms with Gasteiger partial charge in [0.05, 0.1) is 10.7 Å². The van der Waals surface area contributed by atoms with Crippen LogP contribution in [0, 0.1) is 0 Å². The summed E-state index contributed by atoms with van der Waals surface area (Å²) in [5.74, 6) is 0. The highest BCUT2D eigenvalue weighted by molar-refractivity contribution is 7.09. The van der Waals surface area contributed by atoms with Crippen LogP contribution >= 0.6 is 11.3 Å². The summed E-state index contributed by atoms with van der Waals surface area (Å²) in [5, 5.41) is 10.9. The van der Waals surface area contributed by atoms with Crippen LogP contribution in [0.5, 0.6) is 0 Å². The van der Waals surface area contributed by atoms with E-state index in [-0.39, 0.29) is 0 Å². The van der Waals surface area contributed by atoms with Crippen molar-refractivity contribution >= 4 is 11.3 Å². The Morgan fingerprint density at radius 1 is 1.41 bits per heavy atom. The second-order valence-electron chi connectivity index (χ2n) is 3.90. The fourth-order valence-corrected chi connectivity index (χ4v) is 2.33. The number of aryl methyl sites for hydroxylation is 1. The smallest absolute Gasteiger partial charge is 0.0937 e. The molecule has 0 aliphatic carbocycles. The van der Waals surface area contributed by atoms with Crippen LogP contribution in [0.15, 0.2) is 23.8 Å². The average Bonchev–Trinajstić information content (AvgIpc) is 2.96. The predicted octanol–water partition coefficient (Wildman–Crippen LogP) is 2.08. The van der Waals surface area contributed by atoms with Gasteiger partial charge in [-0.15, -0.1) is 11.3 Å². The quantitative estimate of drug-likeness (QED) is 0.765. The van der Waals surface area contributed by atoms with Crippen LogP contribution in [0.4, 0.5) is 0 Å². The van der Waals surface area contributed by atoms with E-state index in [1.54, 1.807) is 11.3 Å². The zero-order valence-electron chi connectivity index (χ0n) is 10.1. The van der Waals surface area contributed by atoms with Crippen LogP contribution in [-0.2, 0) is 19.5 Å². The van der Waals surface area contributed by atoms with Crippen LogP contribution in [0.25, 0.3) is 0 Å². The zero-order chi connectivity index (χ0) is 11.9. The molecule has 2 rings (SSSR count). The lowest BCUT2D eigenvalue weighted by Crippen LogP contribution is -2.19. The first-order valence-corrected chi connectivity index (χ1v) is 6.88. The first-order chi connectivity index (χ1) is 8.40. The molecule has 1 N–H and O–H groups in total. The van der Waals surface area contributed by atoms with Gasteiger partial charge in [0, 0.05) is 43.8 Å². The Morgan fingerprint density at radius 3 is 3.12 bits per heavy atom. The van der Waals surface area contributed by atoms with Crippen molar-refractivity contribution in [1.29, 1.82) is 0 Å². The van der Waals surface area contributed by atoms with Gasteiger partial charge >= 0.3 is 0 Å². The Kier molecular flexibility index (Phi) is 4.70. The fraction of sp³-hybridized carbons (Fsp3) is 0.500. The Morgan fingerprint density at radius 2 is 2.35 bits per heavy atom. The molecule has 0 spiro atoms. The highest BCUT2D eigenvalue weighted by Crippen LogP contribution is 2.04. The minimum atomic E-state index is 0.880. The molecule has 92 valence electrons. The first-order valence-electron chi connectivity index (χ1n) is 6.00. The topological polar surface area (TPSA) is 42.7 Å². The highest BCUT2D eigenvalue weighted by atomic mass is 32.1. The van der Waals surface area contributed by atoms with E-state index in [0.29, 0.717) is 0 Å². The van der Waals surface area contributed by atoms with Crippen molar-refractivity contribution < 1.29 is 0 Å². The normalized spacial score (nSPS) is 10.9. The van der Waals surface area contributed by atoms with Crippen LogP contribution in [-0.4, -0.2) is 21.3 Å². The summed E-state index contributed by atoms with van der Waals surface area (Å²) in [7, 11) is 0. The third-order valence-electron chi connectivity index (χ3n) is 2.55. The maximum absolute atomic E-state index is 4.30. The fourth-order valence-electron chi connectivity index (χ4n) is 1.71. The van der Waals surface area contributed by atoms with Gasteiger partial charge in [0.2, 0.25) is 0 Å². The van der Waals surface area contributed by atoms with Crippen molar-refractivity contribution in [3.05, 3.63) is 34.5 Å². The Bertz CT molecular complexity index is 421. The van der Waals surface area contributed by atoms with Gasteiger partial charge in [-0.2, -0.15) is 5.10 Å². The van der Waals surface area contributed by atoms with Crippen LogP contribution in [0.1, 0.15) is 24.0 Å².